The molecule has 1 aromatic heterocycles. The summed E-state index contributed by atoms with van der Waals surface area (Å²) in [5, 5.41) is 0.675. The first-order chi connectivity index (χ1) is 7.75. The first-order valence-electron chi connectivity index (χ1n) is 5.66. The monoisotopic (exact) mass is 235 g/mol. The van der Waals surface area contributed by atoms with Crippen LogP contribution in [0.15, 0.2) is 18.2 Å². The summed E-state index contributed by atoms with van der Waals surface area (Å²) in [4.78, 5) is 4.32. The second kappa shape index (κ2) is 3.67. The van der Waals surface area contributed by atoms with E-state index in [1.54, 1.807) is 0 Å². The molecule has 3 rings (SSSR count). The van der Waals surface area contributed by atoms with Crippen LogP contribution in [0.1, 0.15) is 19.3 Å². The second-order valence-corrected chi connectivity index (χ2v) is 4.87. The Morgan fingerprint density at radius 2 is 2.25 bits per heavy atom. The summed E-state index contributed by atoms with van der Waals surface area (Å²) in [6.45, 7) is 0.952. The van der Waals surface area contributed by atoms with Crippen LogP contribution < -0.4 is 5.73 Å². The van der Waals surface area contributed by atoms with Gasteiger partial charge in [0.25, 0.3) is 0 Å². The highest BCUT2D eigenvalue weighted by molar-refractivity contribution is 6.35. The van der Waals surface area contributed by atoms with Crippen LogP contribution in [-0.4, -0.2) is 9.55 Å². The quantitative estimate of drug-likeness (QED) is 0.889. The number of fused-ring (bicyclic) bond motifs is 1. The number of halogens is 1. The van der Waals surface area contributed by atoms with Crippen molar-refractivity contribution in [1.82, 2.24) is 9.55 Å². The van der Waals surface area contributed by atoms with Gasteiger partial charge in [0, 0.05) is 6.54 Å². The van der Waals surface area contributed by atoms with E-state index in [0.29, 0.717) is 11.0 Å². The Hall–Kier alpha value is -1.22. The Morgan fingerprint density at radius 3 is 3.00 bits per heavy atom. The number of hydrogen-bond acceptors (Lipinski definition) is 2. The number of nitrogens with zero attached hydrogens (tertiary/aromatic N) is 2. The third-order valence-electron chi connectivity index (χ3n) is 3.22. The first kappa shape index (κ1) is 9.97. The average molecular weight is 236 g/mol. The predicted octanol–water partition coefficient (Wildman–Crippen LogP) is 3.07. The molecule has 16 heavy (non-hydrogen) atoms. The molecule has 0 radical (unpaired) electrons. The van der Waals surface area contributed by atoms with Gasteiger partial charge in [0.1, 0.15) is 5.52 Å². The second-order valence-electron chi connectivity index (χ2n) is 4.46. The molecule has 0 amide bonds. The van der Waals surface area contributed by atoms with E-state index < -0.39 is 0 Å². The zero-order chi connectivity index (χ0) is 11.1. The number of nitrogens with two attached hydrogens (primary N) is 1. The van der Waals surface area contributed by atoms with E-state index in [-0.39, 0.29) is 0 Å². The fourth-order valence-corrected chi connectivity index (χ4v) is 2.30. The van der Waals surface area contributed by atoms with Gasteiger partial charge >= 0.3 is 0 Å². The number of hydrogen-bond donors (Lipinski definition) is 1. The van der Waals surface area contributed by atoms with E-state index in [0.717, 1.165) is 23.5 Å². The van der Waals surface area contributed by atoms with Crippen molar-refractivity contribution in [2.24, 2.45) is 5.92 Å². The molecule has 0 spiro atoms. The van der Waals surface area contributed by atoms with Crippen LogP contribution in [0.3, 0.4) is 0 Å². The van der Waals surface area contributed by atoms with Crippen molar-refractivity contribution in [3.8, 4) is 0 Å². The van der Waals surface area contributed by atoms with E-state index in [1.807, 2.05) is 18.2 Å². The maximum Gasteiger partial charge on any atom is 0.201 e. The molecule has 1 heterocycles. The van der Waals surface area contributed by atoms with Gasteiger partial charge in [-0.3, -0.25) is 0 Å². The summed E-state index contributed by atoms with van der Waals surface area (Å²) >= 11 is 6.09. The third-order valence-corrected chi connectivity index (χ3v) is 3.52. The molecule has 84 valence electrons. The number of nitrogen functional groups attached to an aromatic ring is 1. The highest BCUT2D eigenvalue weighted by atomic mass is 35.5. The zero-order valence-electron chi connectivity index (χ0n) is 8.99. The van der Waals surface area contributed by atoms with Crippen LogP contribution in [0.5, 0.6) is 0 Å². The van der Waals surface area contributed by atoms with Crippen molar-refractivity contribution in [2.75, 3.05) is 5.73 Å². The Bertz CT molecular complexity index is 528. The number of para-hydroxylation sites is 1. The zero-order valence-corrected chi connectivity index (χ0v) is 9.74. The van der Waals surface area contributed by atoms with E-state index >= 15 is 0 Å². The van der Waals surface area contributed by atoms with Crippen molar-refractivity contribution >= 4 is 28.6 Å². The molecular weight excluding hydrogens is 222 g/mol. The summed E-state index contributed by atoms with van der Waals surface area (Å²) in [6.07, 6.45) is 3.93. The van der Waals surface area contributed by atoms with Crippen molar-refractivity contribution in [1.29, 1.82) is 0 Å². The molecule has 1 saturated carbocycles. The topological polar surface area (TPSA) is 43.8 Å². The Morgan fingerprint density at radius 1 is 1.44 bits per heavy atom. The highest BCUT2D eigenvalue weighted by Gasteiger charge is 2.21. The number of rotatable bonds is 3. The standard InChI is InChI=1S/C12H14ClN3/c13-9-2-1-3-10-11(9)15-12(14)16(10)7-6-8-4-5-8/h1-3,8H,4-7H2,(H2,14,15). The minimum Gasteiger partial charge on any atom is -0.369 e. The maximum absolute atomic E-state index is 6.09. The third kappa shape index (κ3) is 1.65. The maximum atomic E-state index is 6.09. The fourth-order valence-electron chi connectivity index (χ4n) is 2.08. The van der Waals surface area contributed by atoms with Gasteiger partial charge in [-0.2, -0.15) is 0 Å². The molecule has 3 nitrogen and oxygen atoms in total. The molecule has 0 saturated heterocycles. The van der Waals surface area contributed by atoms with Crippen LogP contribution in [0, 0.1) is 5.92 Å². The van der Waals surface area contributed by atoms with Gasteiger partial charge in [-0.05, 0) is 24.5 Å². The van der Waals surface area contributed by atoms with Crippen molar-refractivity contribution in [3.63, 3.8) is 0 Å². The largest absolute Gasteiger partial charge is 0.369 e. The number of anilines is 1. The molecule has 0 aliphatic heterocycles. The fraction of sp³-hybridized carbons (Fsp3) is 0.417. The lowest BCUT2D eigenvalue weighted by Gasteiger charge is -2.05. The van der Waals surface area contributed by atoms with Crippen molar-refractivity contribution < 1.29 is 0 Å². The summed E-state index contributed by atoms with van der Waals surface area (Å²) in [5.74, 6) is 1.47. The SMILES string of the molecule is Nc1nc2c(Cl)cccc2n1CCC1CC1. The van der Waals surface area contributed by atoms with E-state index in [2.05, 4.69) is 9.55 Å². The molecular formula is C12H14ClN3. The number of aryl methyl sites for hydroxylation is 1. The van der Waals surface area contributed by atoms with Gasteiger partial charge in [0.05, 0.1) is 10.5 Å². The van der Waals surface area contributed by atoms with Crippen LogP contribution in [0.2, 0.25) is 5.02 Å². The number of imidazole rings is 1. The molecule has 1 aliphatic carbocycles. The molecule has 4 heteroatoms. The molecule has 0 bridgehead atoms. The van der Waals surface area contributed by atoms with Crippen LogP contribution in [0.4, 0.5) is 5.95 Å². The summed E-state index contributed by atoms with van der Waals surface area (Å²) in [5.41, 5.74) is 7.79. The lowest BCUT2D eigenvalue weighted by Crippen LogP contribution is -2.03. The van der Waals surface area contributed by atoms with Gasteiger partial charge in [-0.1, -0.05) is 30.5 Å². The molecule has 2 N–H and O–H groups in total. The summed E-state index contributed by atoms with van der Waals surface area (Å²) in [6, 6.07) is 5.82. The van der Waals surface area contributed by atoms with Gasteiger partial charge in [-0.25, -0.2) is 4.98 Å². The lowest BCUT2D eigenvalue weighted by molar-refractivity contribution is 0.614. The van der Waals surface area contributed by atoms with E-state index in [9.17, 15) is 0 Å². The summed E-state index contributed by atoms with van der Waals surface area (Å²) < 4.78 is 2.07. The molecule has 0 atom stereocenters. The number of benzene rings is 1. The summed E-state index contributed by atoms with van der Waals surface area (Å²) in [7, 11) is 0. The highest BCUT2D eigenvalue weighted by Crippen LogP contribution is 2.34. The van der Waals surface area contributed by atoms with E-state index in [1.165, 1.54) is 19.3 Å². The van der Waals surface area contributed by atoms with Crippen LogP contribution >= 0.6 is 11.6 Å². The molecule has 1 aliphatic rings. The normalized spacial score (nSPS) is 15.8. The Kier molecular flexibility index (Phi) is 2.28. The van der Waals surface area contributed by atoms with Gasteiger partial charge in [0.2, 0.25) is 5.95 Å². The predicted molar refractivity (Wildman–Crippen MR) is 66.5 cm³/mol. The van der Waals surface area contributed by atoms with Gasteiger partial charge < -0.3 is 10.3 Å². The molecule has 2 aromatic rings. The molecule has 1 aromatic carbocycles. The van der Waals surface area contributed by atoms with Crippen molar-refractivity contribution in [3.05, 3.63) is 23.2 Å². The van der Waals surface area contributed by atoms with Crippen molar-refractivity contribution in [2.45, 2.75) is 25.8 Å². The first-order valence-corrected chi connectivity index (χ1v) is 6.04. The van der Waals surface area contributed by atoms with Gasteiger partial charge in [-0.15, -0.1) is 0 Å². The van der Waals surface area contributed by atoms with Crippen LogP contribution in [-0.2, 0) is 6.54 Å². The van der Waals surface area contributed by atoms with E-state index in [4.69, 9.17) is 17.3 Å². The average Bonchev–Trinajstić information content (AvgIpc) is 3.02. The Labute approximate surface area is 99.2 Å². The molecule has 0 unspecified atom stereocenters. The number of aromatic nitrogens is 2. The van der Waals surface area contributed by atoms with Gasteiger partial charge in [0.15, 0.2) is 0 Å². The lowest BCUT2D eigenvalue weighted by atomic mass is 10.2. The van der Waals surface area contributed by atoms with Crippen LogP contribution in [0.25, 0.3) is 11.0 Å². The minimum atomic E-state index is 0.573. The molecule has 1 fully saturated rings. The Balaban J connectivity index is 2.00. The minimum absolute atomic E-state index is 0.573. The smallest absolute Gasteiger partial charge is 0.201 e.